The second-order valence-electron chi connectivity index (χ2n) is 11.3. The van der Waals surface area contributed by atoms with Gasteiger partial charge in [-0.15, -0.1) is 0 Å². The molecule has 4 aromatic rings. The lowest BCUT2D eigenvalue weighted by Crippen LogP contribution is -2.49. The highest BCUT2D eigenvalue weighted by Gasteiger charge is 2.30. The van der Waals surface area contributed by atoms with Crippen LogP contribution in [-0.2, 0) is 10.9 Å². The highest BCUT2D eigenvalue weighted by atomic mass is 19.4. The highest BCUT2D eigenvalue weighted by Crippen LogP contribution is 2.35. The molecular formula is C32H30F3N5O2. The summed E-state index contributed by atoms with van der Waals surface area (Å²) in [5.74, 6) is 0. The number of benzene rings is 3. The number of amides is 1. The average Bonchev–Trinajstić information content (AvgIpc) is 2.95. The van der Waals surface area contributed by atoms with Crippen molar-refractivity contribution < 1.29 is 22.7 Å². The van der Waals surface area contributed by atoms with E-state index in [1.807, 2.05) is 39.0 Å². The van der Waals surface area contributed by atoms with E-state index in [-0.39, 0.29) is 6.04 Å². The van der Waals surface area contributed by atoms with Gasteiger partial charge in [-0.2, -0.15) is 18.4 Å². The van der Waals surface area contributed by atoms with Gasteiger partial charge in [0.05, 0.1) is 39.6 Å². The largest absolute Gasteiger partial charge is 0.444 e. The summed E-state index contributed by atoms with van der Waals surface area (Å²) in [6.07, 6.45) is -3.17. The maximum absolute atomic E-state index is 13.2. The van der Waals surface area contributed by atoms with E-state index in [1.54, 1.807) is 24.3 Å². The zero-order valence-corrected chi connectivity index (χ0v) is 23.5. The van der Waals surface area contributed by atoms with Gasteiger partial charge in [-0.1, -0.05) is 24.3 Å². The number of halogens is 3. The van der Waals surface area contributed by atoms with Crippen LogP contribution in [0.15, 0.2) is 66.7 Å². The van der Waals surface area contributed by atoms with Crippen molar-refractivity contribution in [2.45, 2.75) is 51.4 Å². The fraction of sp³-hybridized carbons (Fsp3) is 0.312. The Morgan fingerprint density at radius 1 is 0.952 bits per heavy atom. The van der Waals surface area contributed by atoms with Gasteiger partial charge in [0.2, 0.25) is 0 Å². The monoisotopic (exact) mass is 573 g/mol. The van der Waals surface area contributed by atoms with Gasteiger partial charge in [0.25, 0.3) is 0 Å². The van der Waals surface area contributed by atoms with Gasteiger partial charge in [0.15, 0.2) is 0 Å². The Balaban J connectivity index is 1.50. The van der Waals surface area contributed by atoms with Crippen molar-refractivity contribution in [3.8, 4) is 28.6 Å². The molecule has 2 heterocycles. The van der Waals surface area contributed by atoms with Crippen molar-refractivity contribution in [1.82, 2.24) is 15.3 Å². The van der Waals surface area contributed by atoms with Crippen LogP contribution in [0.5, 0.6) is 0 Å². The lowest BCUT2D eigenvalue weighted by Gasteiger charge is -2.35. The fourth-order valence-corrected chi connectivity index (χ4v) is 4.97. The first-order valence-electron chi connectivity index (χ1n) is 13.6. The van der Waals surface area contributed by atoms with E-state index in [0.29, 0.717) is 45.7 Å². The zero-order chi connectivity index (χ0) is 30.1. The van der Waals surface area contributed by atoms with Crippen molar-refractivity contribution in [3.63, 3.8) is 0 Å². The molecule has 1 N–H and O–H groups in total. The van der Waals surface area contributed by atoms with Crippen LogP contribution in [-0.4, -0.2) is 40.8 Å². The number of ether oxygens (including phenoxy) is 1. The van der Waals surface area contributed by atoms with E-state index in [9.17, 15) is 23.2 Å². The summed E-state index contributed by atoms with van der Waals surface area (Å²) >= 11 is 0. The molecular weight excluding hydrogens is 543 g/mol. The van der Waals surface area contributed by atoms with E-state index in [4.69, 9.17) is 14.7 Å². The fourth-order valence-electron chi connectivity index (χ4n) is 4.97. The van der Waals surface area contributed by atoms with Crippen LogP contribution in [0.1, 0.15) is 44.7 Å². The molecule has 1 amide bonds. The lowest BCUT2D eigenvalue weighted by atomic mass is 10.0. The molecule has 0 unspecified atom stereocenters. The van der Waals surface area contributed by atoms with Crippen LogP contribution in [0.3, 0.4) is 0 Å². The number of carbonyl (C=O) groups is 1. The standard InChI is InChI=1S/C32H30F3N5O2/c1-31(2,3)42-30(41)37-24-5-4-16-40(19-24)25-14-15-26-27(17-25)39-29(21-8-6-20(18-36)7-9-21)28(38-26)22-10-12-23(13-11-22)32(33,34)35/h6-15,17,24H,4-5,16,19H2,1-3H3,(H,37,41)/t24-/m0/s1. The normalized spacial score (nSPS) is 15.7. The molecule has 0 radical (unpaired) electrons. The molecule has 7 nitrogen and oxygen atoms in total. The summed E-state index contributed by atoms with van der Waals surface area (Å²) in [5.41, 5.74) is 3.38. The molecule has 5 rings (SSSR count). The number of anilines is 1. The third-order valence-corrected chi connectivity index (χ3v) is 6.93. The first-order chi connectivity index (χ1) is 19.9. The number of piperidine rings is 1. The number of alkyl carbamates (subject to hydrolysis) is 1. The molecule has 42 heavy (non-hydrogen) atoms. The molecule has 3 aromatic carbocycles. The van der Waals surface area contributed by atoms with Crippen molar-refractivity contribution in [3.05, 3.63) is 77.9 Å². The molecule has 1 aliphatic heterocycles. The number of hydrogen-bond acceptors (Lipinski definition) is 6. The first kappa shape index (κ1) is 28.9. The quantitative estimate of drug-likeness (QED) is 0.275. The lowest BCUT2D eigenvalue weighted by molar-refractivity contribution is -0.137. The van der Waals surface area contributed by atoms with Crippen LogP contribution in [0.25, 0.3) is 33.5 Å². The summed E-state index contributed by atoms with van der Waals surface area (Å²) in [4.78, 5) is 24.3. The van der Waals surface area contributed by atoms with Crippen LogP contribution < -0.4 is 10.2 Å². The third kappa shape index (κ3) is 6.62. The maximum atomic E-state index is 13.2. The zero-order valence-electron chi connectivity index (χ0n) is 23.5. The Bertz CT molecular complexity index is 1640. The minimum absolute atomic E-state index is 0.0772. The Morgan fingerprint density at radius 3 is 2.17 bits per heavy atom. The maximum Gasteiger partial charge on any atom is 0.416 e. The molecule has 0 saturated carbocycles. The average molecular weight is 574 g/mol. The second kappa shape index (κ2) is 11.3. The van der Waals surface area contributed by atoms with Gasteiger partial charge in [0.1, 0.15) is 5.60 Å². The predicted molar refractivity (Wildman–Crippen MR) is 155 cm³/mol. The molecule has 1 fully saturated rings. The summed E-state index contributed by atoms with van der Waals surface area (Å²) in [5, 5.41) is 12.2. The van der Waals surface area contributed by atoms with Gasteiger partial charge in [-0.25, -0.2) is 14.8 Å². The third-order valence-electron chi connectivity index (χ3n) is 6.93. The first-order valence-corrected chi connectivity index (χ1v) is 13.6. The highest BCUT2D eigenvalue weighted by molar-refractivity contribution is 5.88. The summed E-state index contributed by atoms with van der Waals surface area (Å²) in [7, 11) is 0. The molecule has 0 bridgehead atoms. The molecule has 216 valence electrons. The second-order valence-corrected chi connectivity index (χ2v) is 11.3. The molecule has 1 atom stereocenters. The molecule has 10 heteroatoms. The van der Waals surface area contributed by atoms with Crippen LogP contribution in [0.4, 0.5) is 23.7 Å². The van der Waals surface area contributed by atoms with E-state index in [0.717, 1.165) is 37.2 Å². The van der Waals surface area contributed by atoms with E-state index in [2.05, 4.69) is 16.3 Å². The van der Waals surface area contributed by atoms with Crippen molar-refractivity contribution >= 4 is 22.8 Å². The minimum Gasteiger partial charge on any atom is -0.444 e. The van der Waals surface area contributed by atoms with Crippen LogP contribution >= 0.6 is 0 Å². The molecule has 0 aliphatic carbocycles. The summed E-state index contributed by atoms with van der Waals surface area (Å²) in [6, 6.07) is 19.4. The molecule has 1 aromatic heterocycles. The van der Waals surface area contributed by atoms with Crippen LogP contribution in [0, 0.1) is 11.3 Å². The van der Waals surface area contributed by atoms with Crippen LogP contribution in [0.2, 0.25) is 0 Å². The number of alkyl halides is 3. The van der Waals surface area contributed by atoms with E-state index < -0.39 is 23.4 Å². The number of fused-ring (bicyclic) bond motifs is 1. The number of aromatic nitrogens is 2. The van der Waals surface area contributed by atoms with Gasteiger partial charge < -0.3 is 15.0 Å². The SMILES string of the molecule is CC(C)(C)OC(=O)N[C@H]1CCCN(c2ccc3nc(-c4ccc(C(F)(F)F)cc4)c(-c4ccc(C#N)cc4)nc3c2)C1. The van der Waals surface area contributed by atoms with Crippen molar-refractivity contribution in [2.24, 2.45) is 0 Å². The molecule has 1 saturated heterocycles. The number of rotatable bonds is 4. The predicted octanol–water partition coefficient (Wildman–Crippen LogP) is 7.35. The Morgan fingerprint density at radius 2 is 1.57 bits per heavy atom. The number of nitrogens with zero attached hydrogens (tertiary/aromatic N) is 4. The Hall–Kier alpha value is -4.65. The number of nitriles is 1. The van der Waals surface area contributed by atoms with Crippen molar-refractivity contribution in [2.75, 3.05) is 18.0 Å². The van der Waals surface area contributed by atoms with E-state index in [1.165, 1.54) is 12.1 Å². The van der Waals surface area contributed by atoms with Crippen molar-refractivity contribution in [1.29, 1.82) is 5.26 Å². The van der Waals surface area contributed by atoms with Gasteiger partial charge in [-0.3, -0.25) is 0 Å². The van der Waals surface area contributed by atoms with Gasteiger partial charge in [0, 0.05) is 35.9 Å². The van der Waals surface area contributed by atoms with Gasteiger partial charge in [-0.05, 0) is 76.1 Å². The smallest absolute Gasteiger partial charge is 0.416 e. The topological polar surface area (TPSA) is 91.1 Å². The molecule has 0 spiro atoms. The number of carbonyl (C=O) groups excluding carboxylic acids is 1. The Labute approximate surface area is 242 Å². The minimum atomic E-state index is -4.45. The number of hydrogen-bond donors (Lipinski definition) is 1. The summed E-state index contributed by atoms with van der Waals surface area (Å²) in [6.45, 7) is 6.88. The van der Waals surface area contributed by atoms with Gasteiger partial charge >= 0.3 is 12.3 Å². The van der Waals surface area contributed by atoms with E-state index >= 15 is 0 Å². The summed E-state index contributed by atoms with van der Waals surface area (Å²) < 4.78 is 45.0. The molecule has 1 aliphatic rings. The number of nitrogens with one attached hydrogen (secondary N) is 1. The Kier molecular flexibility index (Phi) is 7.78.